The van der Waals surface area contributed by atoms with E-state index >= 15 is 0 Å². The van der Waals surface area contributed by atoms with Gasteiger partial charge in [0.15, 0.2) is 0 Å². The van der Waals surface area contributed by atoms with Gasteiger partial charge in [0.2, 0.25) is 0 Å². The summed E-state index contributed by atoms with van der Waals surface area (Å²) in [6.45, 7) is 4.58. The fourth-order valence-electron chi connectivity index (χ4n) is 2.85. The zero-order chi connectivity index (χ0) is 15.2. The number of hydrogen-bond donors (Lipinski definition) is 0. The first-order valence-electron chi connectivity index (χ1n) is 8.09. The van der Waals surface area contributed by atoms with Gasteiger partial charge < -0.3 is 14.2 Å². The van der Waals surface area contributed by atoms with Crippen LogP contribution in [0.3, 0.4) is 0 Å². The van der Waals surface area contributed by atoms with Crippen molar-refractivity contribution in [2.75, 3.05) is 46.1 Å². The van der Waals surface area contributed by atoms with Gasteiger partial charge in [-0.15, -0.1) is 0 Å². The zero-order valence-corrected chi connectivity index (χ0v) is 12.9. The molecule has 2 aliphatic rings. The van der Waals surface area contributed by atoms with Crippen molar-refractivity contribution in [3.8, 4) is 11.5 Å². The molecule has 0 aromatic heterocycles. The Morgan fingerprint density at radius 3 is 2.45 bits per heavy atom. The van der Waals surface area contributed by atoms with Crippen LogP contribution in [0.5, 0.6) is 11.5 Å². The van der Waals surface area contributed by atoms with Crippen molar-refractivity contribution in [2.45, 2.75) is 18.9 Å². The van der Waals surface area contributed by atoms with E-state index < -0.39 is 0 Å². The molecule has 0 saturated carbocycles. The van der Waals surface area contributed by atoms with E-state index in [1.165, 1.54) is 0 Å². The van der Waals surface area contributed by atoms with Crippen LogP contribution in [-0.4, -0.2) is 57.1 Å². The molecule has 22 heavy (non-hydrogen) atoms. The number of ether oxygens (including phenoxy) is 3. The Morgan fingerprint density at radius 1 is 1.09 bits per heavy atom. The molecule has 0 bridgehead atoms. The molecule has 5 heteroatoms. The number of nitrogens with zero attached hydrogens (tertiary/aromatic N) is 1. The van der Waals surface area contributed by atoms with Crippen LogP contribution in [0, 0.1) is 5.92 Å². The van der Waals surface area contributed by atoms with E-state index in [9.17, 15) is 4.39 Å². The Kier molecular flexibility index (Phi) is 5.51. The van der Waals surface area contributed by atoms with Crippen LogP contribution in [-0.2, 0) is 4.74 Å². The molecule has 0 N–H and O–H groups in total. The first-order valence-corrected chi connectivity index (χ1v) is 8.09. The summed E-state index contributed by atoms with van der Waals surface area (Å²) in [7, 11) is 0. The smallest absolute Gasteiger partial charge is 0.119 e. The van der Waals surface area contributed by atoms with Gasteiger partial charge in [-0.25, -0.2) is 0 Å². The molecule has 2 saturated heterocycles. The van der Waals surface area contributed by atoms with Gasteiger partial charge in [-0.05, 0) is 24.3 Å². The van der Waals surface area contributed by atoms with Crippen LogP contribution in [0.4, 0.5) is 4.39 Å². The molecule has 122 valence electrons. The van der Waals surface area contributed by atoms with E-state index in [-0.39, 0.29) is 18.7 Å². The van der Waals surface area contributed by atoms with Crippen LogP contribution >= 0.6 is 0 Å². The monoisotopic (exact) mass is 309 g/mol. The third-order valence-corrected chi connectivity index (χ3v) is 4.22. The Bertz CT molecular complexity index is 442. The third kappa shape index (κ3) is 4.34. The number of rotatable bonds is 7. The molecule has 3 rings (SSSR count). The minimum absolute atomic E-state index is 0.202. The van der Waals surface area contributed by atoms with Crippen molar-refractivity contribution in [3.63, 3.8) is 0 Å². The van der Waals surface area contributed by atoms with E-state index in [0.29, 0.717) is 6.61 Å². The largest absolute Gasteiger partial charge is 0.492 e. The second-order valence-electron chi connectivity index (χ2n) is 6.03. The normalized spacial score (nSPS) is 20.6. The lowest BCUT2D eigenvalue weighted by Gasteiger charge is -2.37. The van der Waals surface area contributed by atoms with Crippen LogP contribution in [0.2, 0.25) is 0 Å². The highest BCUT2D eigenvalue weighted by Crippen LogP contribution is 2.22. The molecule has 2 aliphatic heterocycles. The second kappa shape index (κ2) is 7.79. The van der Waals surface area contributed by atoms with Gasteiger partial charge in [0.05, 0.1) is 19.9 Å². The Labute approximate surface area is 131 Å². The Morgan fingerprint density at radius 2 is 1.77 bits per heavy atom. The summed E-state index contributed by atoms with van der Waals surface area (Å²) >= 11 is 0. The van der Waals surface area contributed by atoms with E-state index in [2.05, 4.69) is 4.90 Å². The summed E-state index contributed by atoms with van der Waals surface area (Å²) in [5.74, 6) is 1.97. The molecule has 0 aliphatic carbocycles. The summed E-state index contributed by atoms with van der Waals surface area (Å²) in [5.41, 5.74) is 0. The number of halogens is 1. The van der Waals surface area contributed by atoms with E-state index in [0.717, 1.165) is 57.2 Å². The van der Waals surface area contributed by atoms with Crippen LogP contribution < -0.4 is 9.47 Å². The van der Waals surface area contributed by atoms with Crippen LogP contribution in [0.1, 0.15) is 12.8 Å². The van der Waals surface area contributed by atoms with Crippen molar-refractivity contribution in [3.05, 3.63) is 24.3 Å². The lowest BCUT2D eigenvalue weighted by atomic mass is 10.0. The number of alkyl halides is 1. The zero-order valence-electron chi connectivity index (χ0n) is 12.9. The maximum Gasteiger partial charge on any atom is 0.119 e. The molecular formula is C17H24FNO3. The van der Waals surface area contributed by atoms with E-state index in [1.807, 2.05) is 24.3 Å². The molecule has 0 amide bonds. The van der Waals surface area contributed by atoms with Crippen LogP contribution in [0.15, 0.2) is 24.3 Å². The molecule has 1 aromatic rings. The molecule has 4 nitrogen and oxygen atoms in total. The standard InChI is InChI=1S/C17H24FNO3/c18-11-14-12-19(13-14)7-10-21-15-1-3-16(4-2-15)22-17-5-8-20-9-6-17/h1-4,14,17H,5-13H2. The Hall–Kier alpha value is -1.33. The maximum atomic E-state index is 12.3. The average Bonchev–Trinajstić information content (AvgIpc) is 2.52. The molecule has 0 spiro atoms. The minimum Gasteiger partial charge on any atom is -0.492 e. The van der Waals surface area contributed by atoms with Gasteiger partial charge in [-0.1, -0.05) is 0 Å². The SMILES string of the molecule is FCC1CN(CCOc2ccc(OC3CCOCC3)cc2)C1. The van der Waals surface area contributed by atoms with Gasteiger partial charge in [0, 0.05) is 38.4 Å². The fourth-order valence-corrected chi connectivity index (χ4v) is 2.85. The highest BCUT2D eigenvalue weighted by molar-refractivity contribution is 5.31. The van der Waals surface area contributed by atoms with Crippen molar-refractivity contribution in [2.24, 2.45) is 5.92 Å². The highest BCUT2D eigenvalue weighted by Gasteiger charge is 2.25. The summed E-state index contributed by atoms with van der Waals surface area (Å²) in [6.07, 6.45) is 2.16. The van der Waals surface area contributed by atoms with Crippen LogP contribution in [0.25, 0.3) is 0 Å². The summed E-state index contributed by atoms with van der Waals surface area (Å²) in [5, 5.41) is 0. The molecular weight excluding hydrogens is 285 g/mol. The first-order chi connectivity index (χ1) is 10.8. The van der Waals surface area contributed by atoms with Gasteiger partial charge in [0.1, 0.15) is 24.2 Å². The summed E-state index contributed by atoms with van der Waals surface area (Å²) in [6, 6.07) is 7.78. The predicted molar refractivity (Wildman–Crippen MR) is 82.3 cm³/mol. The molecule has 0 radical (unpaired) electrons. The van der Waals surface area contributed by atoms with Gasteiger partial charge in [-0.2, -0.15) is 0 Å². The topological polar surface area (TPSA) is 30.9 Å². The van der Waals surface area contributed by atoms with Gasteiger partial charge >= 0.3 is 0 Å². The molecule has 0 atom stereocenters. The quantitative estimate of drug-likeness (QED) is 0.774. The maximum absolute atomic E-state index is 12.3. The lowest BCUT2D eigenvalue weighted by molar-refractivity contribution is 0.0255. The molecule has 2 fully saturated rings. The average molecular weight is 309 g/mol. The fraction of sp³-hybridized carbons (Fsp3) is 0.647. The number of hydrogen-bond acceptors (Lipinski definition) is 4. The van der Waals surface area contributed by atoms with Crippen molar-refractivity contribution in [1.82, 2.24) is 4.90 Å². The number of likely N-dealkylation sites (tertiary alicyclic amines) is 1. The third-order valence-electron chi connectivity index (χ3n) is 4.22. The highest BCUT2D eigenvalue weighted by atomic mass is 19.1. The first kappa shape index (κ1) is 15.6. The van der Waals surface area contributed by atoms with Gasteiger partial charge in [-0.3, -0.25) is 9.29 Å². The van der Waals surface area contributed by atoms with Gasteiger partial charge in [0.25, 0.3) is 0 Å². The molecule has 1 aromatic carbocycles. The molecule has 2 heterocycles. The lowest BCUT2D eigenvalue weighted by Crippen LogP contribution is -2.49. The van der Waals surface area contributed by atoms with Crippen molar-refractivity contribution in [1.29, 1.82) is 0 Å². The predicted octanol–water partition coefficient (Wildman–Crippen LogP) is 2.52. The van der Waals surface area contributed by atoms with Crippen molar-refractivity contribution < 1.29 is 18.6 Å². The Balaban J connectivity index is 1.36. The van der Waals surface area contributed by atoms with E-state index in [4.69, 9.17) is 14.2 Å². The van der Waals surface area contributed by atoms with E-state index in [1.54, 1.807) is 0 Å². The van der Waals surface area contributed by atoms with Crippen molar-refractivity contribution >= 4 is 0 Å². The number of benzene rings is 1. The molecule has 0 unspecified atom stereocenters. The second-order valence-corrected chi connectivity index (χ2v) is 6.03. The summed E-state index contributed by atoms with van der Waals surface area (Å²) < 4.78 is 29.3. The minimum atomic E-state index is -0.202. The summed E-state index contributed by atoms with van der Waals surface area (Å²) in [4.78, 5) is 2.22.